The third kappa shape index (κ3) is 5.49. The molecule has 0 saturated heterocycles. The molecule has 0 aliphatic rings. The van der Waals surface area contributed by atoms with Crippen molar-refractivity contribution < 1.29 is 23.7 Å². The Bertz CT molecular complexity index is 742. The number of hydrogen-bond donors (Lipinski definition) is 2. The van der Waals surface area contributed by atoms with Crippen molar-refractivity contribution in [2.24, 2.45) is 0 Å². The van der Waals surface area contributed by atoms with Crippen LogP contribution in [0, 0.1) is 0 Å². The number of carbonyl (C=O) groups is 1. The smallest absolute Gasteiger partial charge is 0.257 e. The van der Waals surface area contributed by atoms with Crippen LogP contribution in [0.25, 0.3) is 0 Å². The third-order valence-electron chi connectivity index (χ3n) is 3.78. The molecule has 2 aromatic rings. The Hall–Kier alpha value is -3.00. The van der Waals surface area contributed by atoms with Gasteiger partial charge in [0.15, 0.2) is 11.5 Å². The monoisotopic (exact) mass is 375 g/mol. The summed E-state index contributed by atoms with van der Waals surface area (Å²) in [7, 11) is 6.22. The molecule has 2 N–H and O–H groups in total. The molecule has 0 atom stereocenters. The normalized spacial score (nSPS) is 10.2. The highest BCUT2D eigenvalue weighted by molar-refractivity contribution is 6.04. The molecule has 1 aromatic carbocycles. The van der Waals surface area contributed by atoms with Crippen LogP contribution in [0.2, 0.25) is 0 Å². The van der Waals surface area contributed by atoms with Gasteiger partial charge in [-0.2, -0.15) is 0 Å². The zero-order valence-corrected chi connectivity index (χ0v) is 16.0. The van der Waals surface area contributed by atoms with Gasteiger partial charge in [-0.1, -0.05) is 0 Å². The summed E-state index contributed by atoms with van der Waals surface area (Å²) in [5, 5.41) is 6.03. The molecule has 1 amide bonds. The second kappa shape index (κ2) is 10.2. The molecule has 27 heavy (non-hydrogen) atoms. The minimum Gasteiger partial charge on any atom is -0.493 e. The van der Waals surface area contributed by atoms with E-state index in [0.29, 0.717) is 35.1 Å². The quantitative estimate of drug-likeness (QED) is 0.617. The molecule has 8 nitrogen and oxygen atoms in total. The Balaban J connectivity index is 2.13. The van der Waals surface area contributed by atoms with Gasteiger partial charge in [-0.15, -0.1) is 0 Å². The van der Waals surface area contributed by atoms with Gasteiger partial charge in [0.05, 0.1) is 32.6 Å². The Kier molecular flexibility index (Phi) is 7.69. The molecule has 146 valence electrons. The summed E-state index contributed by atoms with van der Waals surface area (Å²) >= 11 is 0. The van der Waals surface area contributed by atoms with E-state index in [-0.39, 0.29) is 5.91 Å². The lowest BCUT2D eigenvalue weighted by molar-refractivity contribution is 0.102. The van der Waals surface area contributed by atoms with Crippen molar-refractivity contribution in [2.75, 3.05) is 52.2 Å². The second-order valence-electron chi connectivity index (χ2n) is 5.60. The number of ether oxygens (including phenoxy) is 4. The molecule has 0 spiro atoms. The summed E-state index contributed by atoms with van der Waals surface area (Å²) in [6, 6.07) is 5.08. The summed E-state index contributed by atoms with van der Waals surface area (Å²) in [6.45, 7) is 1.40. The van der Waals surface area contributed by atoms with Gasteiger partial charge < -0.3 is 29.6 Å². The van der Waals surface area contributed by atoms with Crippen molar-refractivity contribution in [2.45, 2.75) is 6.42 Å². The second-order valence-corrected chi connectivity index (χ2v) is 5.60. The highest BCUT2D eigenvalue weighted by atomic mass is 16.5. The zero-order chi connectivity index (χ0) is 19.6. The van der Waals surface area contributed by atoms with Crippen LogP contribution in [0.1, 0.15) is 16.8 Å². The van der Waals surface area contributed by atoms with Crippen LogP contribution in [0.4, 0.5) is 11.4 Å². The number of benzene rings is 1. The van der Waals surface area contributed by atoms with E-state index in [1.807, 2.05) is 0 Å². The number of amides is 1. The summed E-state index contributed by atoms with van der Waals surface area (Å²) in [4.78, 5) is 16.7. The Labute approximate surface area is 158 Å². The van der Waals surface area contributed by atoms with Crippen LogP contribution in [0.5, 0.6) is 17.2 Å². The molecule has 0 aliphatic carbocycles. The first-order valence-corrected chi connectivity index (χ1v) is 8.42. The van der Waals surface area contributed by atoms with Gasteiger partial charge in [-0.3, -0.25) is 9.78 Å². The molecular weight excluding hydrogens is 350 g/mol. The third-order valence-corrected chi connectivity index (χ3v) is 3.78. The van der Waals surface area contributed by atoms with E-state index in [4.69, 9.17) is 18.9 Å². The van der Waals surface area contributed by atoms with E-state index in [9.17, 15) is 4.79 Å². The maximum Gasteiger partial charge on any atom is 0.257 e. The number of nitrogens with zero attached hydrogens (tertiary/aromatic N) is 1. The number of nitrogens with one attached hydrogen (secondary N) is 2. The minimum absolute atomic E-state index is 0.294. The molecule has 2 rings (SSSR count). The first-order valence-electron chi connectivity index (χ1n) is 8.42. The lowest BCUT2D eigenvalue weighted by atomic mass is 10.2. The summed E-state index contributed by atoms with van der Waals surface area (Å²) in [5.74, 6) is 1.08. The Morgan fingerprint density at radius 3 is 2.26 bits per heavy atom. The van der Waals surface area contributed by atoms with E-state index < -0.39 is 0 Å². The van der Waals surface area contributed by atoms with Crippen LogP contribution in [-0.2, 0) is 4.74 Å². The van der Waals surface area contributed by atoms with Crippen molar-refractivity contribution in [3.8, 4) is 17.2 Å². The zero-order valence-electron chi connectivity index (χ0n) is 16.0. The number of hydrogen-bond acceptors (Lipinski definition) is 7. The first kappa shape index (κ1) is 20.3. The molecule has 1 aromatic heterocycles. The fourth-order valence-corrected chi connectivity index (χ4v) is 2.47. The molecule has 0 saturated carbocycles. The highest BCUT2D eigenvalue weighted by Crippen LogP contribution is 2.40. The Morgan fingerprint density at radius 1 is 0.963 bits per heavy atom. The SMILES string of the molecule is COCCCNc1cncc(C(=O)Nc2cc(OC)c(OC)c(OC)c2)c1. The van der Waals surface area contributed by atoms with Crippen molar-refractivity contribution >= 4 is 17.3 Å². The van der Waals surface area contributed by atoms with Crippen LogP contribution in [-0.4, -0.2) is 52.5 Å². The molecule has 0 unspecified atom stereocenters. The standard InChI is InChI=1S/C19H25N3O5/c1-24-7-5-6-21-15-8-13(11-20-12-15)19(23)22-14-9-16(25-2)18(27-4)17(10-14)26-3/h8-12,21H,5-7H2,1-4H3,(H,22,23). The van der Waals surface area contributed by atoms with Gasteiger partial charge in [-0.05, 0) is 12.5 Å². The van der Waals surface area contributed by atoms with Crippen LogP contribution in [0.3, 0.4) is 0 Å². The number of rotatable bonds is 10. The number of aromatic nitrogens is 1. The summed E-state index contributed by atoms with van der Waals surface area (Å²) in [6.07, 6.45) is 4.04. The van der Waals surface area contributed by atoms with Crippen molar-refractivity contribution in [1.82, 2.24) is 4.98 Å². The average Bonchev–Trinajstić information content (AvgIpc) is 2.70. The number of carbonyl (C=O) groups excluding carboxylic acids is 1. The van der Waals surface area contributed by atoms with Gasteiger partial charge in [0.25, 0.3) is 5.91 Å². The minimum atomic E-state index is -0.294. The fraction of sp³-hybridized carbons (Fsp3) is 0.368. The largest absolute Gasteiger partial charge is 0.493 e. The Morgan fingerprint density at radius 2 is 1.67 bits per heavy atom. The average molecular weight is 375 g/mol. The maximum atomic E-state index is 12.6. The van der Waals surface area contributed by atoms with E-state index in [1.165, 1.54) is 27.5 Å². The lowest BCUT2D eigenvalue weighted by Gasteiger charge is -2.14. The summed E-state index contributed by atoms with van der Waals surface area (Å²) < 4.78 is 20.9. The van der Waals surface area contributed by atoms with Gasteiger partial charge in [0.1, 0.15) is 0 Å². The van der Waals surface area contributed by atoms with Gasteiger partial charge >= 0.3 is 0 Å². The van der Waals surface area contributed by atoms with Gasteiger partial charge in [-0.25, -0.2) is 0 Å². The van der Waals surface area contributed by atoms with E-state index >= 15 is 0 Å². The molecule has 0 radical (unpaired) electrons. The highest BCUT2D eigenvalue weighted by Gasteiger charge is 2.15. The predicted octanol–water partition coefficient (Wildman–Crippen LogP) is 2.81. The van der Waals surface area contributed by atoms with Crippen molar-refractivity contribution in [3.05, 3.63) is 36.2 Å². The summed E-state index contributed by atoms with van der Waals surface area (Å²) in [5.41, 5.74) is 1.72. The maximum absolute atomic E-state index is 12.6. The molecule has 1 heterocycles. The lowest BCUT2D eigenvalue weighted by Crippen LogP contribution is -2.13. The van der Waals surface area contributed by atoms with Crippen molar-refractivity contribution in [1.29, 1.82) is 0 Å². The van der Waals surface area contributed by atoms with E-state index in [0.717, 1.165) is 18.7 Å². The number of pyridine rings is 1. The van der Waals surface area contributed by atoms with Crippen LogP contribution in [0.15, 0.2) is 30.6 Å². The molecular formula is C19H25N3O5. The molecule has 0 aliphatic heterocycles. The molecule has 0 fully saturated rings. The van der Waals surface area contributed by atoms with E-state index in [2.05, 4.69) is 15.6 Å². The first-order chi connectivity index (χ1) is 13.1. The molecule has 8 heteroatoms. The van der Waals surface area contributed by atoms with Gasteiger partial charge in [0, 0.05) is 50.5 Å². The molecule has 0 bridgehead atoms. The van der Waals surface area contributed by atoms with Crippen molar-refractivity contribution in [3.63, 3.8) is 0 Å². The number of methoxy groups -OCH3 is 4. The van der Waals surface area contributed by atoms with E-state index in [1.54, 1.807) is 31.5 Å². The van der Waals surface area contributed by atoms with Gasteiger partial charge in [0.2, 0.25) is 5.75 Å². The fourth-order valence-electron chi connectivity index (χ4n) is 2.47. The topological polar surface area (TPSA) is 90.9 Å². The van der Waals surface area contributed by atoms with Crippen LogP contribution < -0.4 is 24.8 Å². The van der Waals surface area contributed by atoms with Crippen LogP contribution >= 0.6 is 0 Å². The number of anilines is 2. The predicted molar refractivity (Wildman–Crippen MR) is 103 cm³/mol.